The largest absolute Gasteiger partial charge is 0.329 e. The summed E-state index contributed by atoms with van der Waals surface area (Å²) in [4.78, 5) is 4.59. The summed E-state index contributed by atoms with van der Waals surface area (Å²) >= 11 is 5.96. The third kappa shape index (κ3) is 3.70. The molecule has 0 aromatic heterocycles. The Labute approximate surface area is 125 Å². The minimum Gasteiger partial charge on any atom is -0.329 e. The van der Waals surface area contributed by atoms with Crippen molar-refractivity contribution in [3.63, 3.8) is 0 Å². The zero-order valence-electron chi connectivity index (χ0n) is 12.1. The van der Waals surface area contributed by atoms with Crippen molar-refractivity contribution < 1.29 is 4.39 Å². The second-order valence-electron chi connectivity index (χ2n) is 5.68. The molecule has 1 aromatic carbocycles. The highest BCUT2D eigenvalue weighted by Crippen LogP contribution is 2.27. The van der Waals surface area contributed by atoms with E-state index in [1.54, 1.807) is 0 Å². The van der Waals surface area contributed by atoms with Crippen molar-refractivity contribution in [2.75, 3.05) is 33.7 Å². The lowest BCUT2D eigenvalue weighted by Crippen LogP contribution is -2.47. The Bertz CT molecular complexity index is 434. The Morgan fingerprint density at radius 2 is 2.25 bits per heavy atom. The van der Waals surface area contributed by atoms with E-state index < -0.39 is 0 Å². The summed E-state index contributed by atoms with van der Waals surface area (Å²) in [7, 11) is 4.21. The molecule has 1 fully saturated rings. The first kappa shape index (κ1) is 15.7. The van der Waals surface area contributed by atoms with Crippen molar-refractivity contribution >= 4 is 11.6 Å². The second kappa shape index (κ2) is 6.85. The van der Waals surface area contributed by atoms with Gasteiger partial charge in [0, 0.05) is 30.2 Å². The number of nitrogens with zero attached hydrogens (tertiary/aromatic N) is 2. The standard InChI is InChI=1S/C15H23ClFN3/c1-19-5-3-4-14(10-19)20(2)15(9-18)11-6-12(16)8-13(17)7-11/h6-8,14-15H,3-5,9-10,18H2,1-2H3. The summed E-state index contributed by atoms with van der Waals surface area (Å²) in [6, 6.07) is 5.12. The van der Waals surface area contributed by atoms with Gasteiger partial charge in [0.1, 0.15) is 5.82 Å². The molecule has 0 saturated carbocycles. The molecule has 2 N–H and O–H groups in total. The maximum atomic E-state index is 13.5. The molecule has 2 unspecified atom stereocenters. The van der Waals surface area contributed by atoms with E-state index in [9.17, 15) is 4.39 Å². The van der Waals surface area contributed by atoms with Crippen LogP contribution in [-0.2, 0) is 0 Å². The van der Waals surface area contributed by atoms with Gasteiger partial charge < -0.3 is 10.6 Å². The van der Waals surface area contributed by atoms with Crippen LogP contribution in [0.5, 0.6) is 0 Å². The molecule has 1 aromatic rings. The lowest BCUT2D eigenvalue weighted by molar-refractivity contribution is 0.101. The molecule has 0 amide bonds. The summed E-state index contributed by atoms with van der Waals surface area (Å²) < 4.78 is 13.5. The van der Waals surface area contributed by atoms with Crippen molar-refractivity contribution in [1.29, 1.82) is 0 Å². The number of nitrogens with two attached hydrogens (primary N) is 1. The summed E-state index contributed by atoms with van der Waals surface area (Å²) in [5.41, 5.74) is 6.78. The van der Waals surface area contributed by atoms with Crippen LogP contribution in [0.2, 0.25) is 5.02 Å². The monoisotopic (exact) mass is 299 g/mol. The van der Waals surface area contributed by atoms with Crippen molar-refractivity contribution in [3.8, 4) is 0 Å². The molecule has 0 spiro atoms. The average Bonchev–Trinajstić information content (AvgIpc) is 2.38. The molecule has 0 bridgehead atoms. The number of hydrogen-bond donors (Lipinski definition) is 1. The van der Waals surface area contributed by atoms with Gasteiger partial charge in [0.2, 0.25) is 0 Å². The van der Waals surface area contributed by atoms with E-state index in [-0.39, 0.29) is 11.9 Å². The smallest absolute Gasteiger partial charge is 0.125 e. The Morgan fingerprint density at radius 3 is 2.85 bits per heavy atom. The van der Waals surface area contributed by atoms with E-state index in [1.807, 2.05) is 6.07 Å². The third-order valence-corrected chi connectivity index (χ3v) is 4.38. The fraction of sp³-hybridized carbons (Fsp3) is 0.600. The van der Waals surface area contributed by atoms with Gasteiger partial charge in [-0.15, -0.1) is 0 Å². The normalized spacial score (nSPS) is 22.2. The second-order valence-corrected chi connectivity index (χ2v) is 6.11. The predicted molar refractivity (Wildman–Crippen MR) is 81.5 cm³/mol. The fourth-order valence-corrected chi connectivity index (χ4v) is 3.26. The molecule has 5 heteroatoms. The van der Waals surface area contributed by atoms with Crippen molar-refractivity contribution in [2.45, 2.75) is 24.9 Å². The number of likely N-dealkylation sites (N-methyl/N-ethyl adjacent to an activating group) is 2. The lowest BCUT2D eigenvalue weighted by Gasteiger charge is -2.40. The Hall–Kier alpha value is -0.680. The first-order valence-corrected chi connectivity index (χ1v) is 7.45. The van der Waals surface area contributed by atoms with Gasteiger partial charge in [-0.2, -0.15) is 0 Å². The number of rotatable bonds is 4. The molecule has 2 atom stereocenters. The molecule has 20 heavy (non-hydrogen) atoms. The minimum atomic E-state index is -0.305. The Balaban J connectivity index is 2.17. The zero-order chi connectivity index (χ0) is 14.7. The number of likely N-dealkylation sites (tertiary alicyclic amines) is 1. The third-order valence-electron chi connectivity index (χ3n) is 4.16. The van der Waals surface area contributed by atoms with Gasteiger partial charge in [-0.3, -0.25) is 4.90 Å². The fourth-order valence-electron chi connectivity index (χ4n) is 3.03. The highest BCUT2D eigenvalue weighted by atomic mass is 35.5. The molecule has 1 aliphatic heterocycles. The van der Waals surface area contributed by atoms with Gasteiger partial charge in [-0.1, -0.05) is 11.6 Å². The van der Waals surface area contributed by atoms with E-state index in [1.165, 1.54) is 18.6 Å². The SMILES string of the molecule is CN1CCCC(N(C)C(CN)c2cc(F)cc(Cl)c2)C1. The van der Waals surface area contributed by atoms with Crippen LogP contribution < -0.4 is 5.73 Å². The van der Waals surface area contributed by atoms with Crippen LogP contribution in [-0.4, -0.2) is 49.6 Å². The van der Waals surface area contributed by atoms with E-state index in [0.717, 1.165) is 25.1 Å². The molecular weight excluding hydrogens is 277 g/mol. The summed E-state index contributed by atoms with van der Waals surface area (Å²) in [6.07, 6.45) is 2.34. The van der Waals surface area contributed by atoms with Gasteiger partial charge in [-0.25, -0.2) is 4.39 Å². The number of hydrogen-bond acceptors (Lipinski definition) is 3. The van der Waals surface area contributed by atoms with E-state index in [4.69, 9.17) is 17.3 Å². The van der Waals surface area contributed by atoms with Crippen LogP contribution in [0, 0.1) is 5.82 Å². The van der Waals surface area contributed by atoms with Crippen LogP contribution in [0.3, 0.4) is 0 Å². The molecular formula is C15H23ClFN3. The van der Waals surface area contributed by atoms with Crippen LogP contribution in [0.15, 0.2) is 18.2 Å². The highest BCUT2D eigenvalue weighted by Gasteiger charge is 2.27. The first-order valence-electron chi connectivity index (χ1n) is 7.07. The molecule has 3 nitrogen and oxygen atoms in total. The highest BCUT2D eigenvalue weighted by molar-refractivity contribution is 6.30. The lowest BCUT2D eigenvalue weighted by atomic mass is 9.99. The number of halogens is 2. The zero-order valence-corrected chi connectivity index (χ0v) is 12.9. The molecule has 0 aliphatic carbocycles. The molecule has 1 heterocycles. The Morgan fingerprint density at radius 1 is 1.50 bits per heavy atom. The van der Waals surface area contributed by atoms with E-state index in [0.29, 0.717) is 17.6 Å². The van der Waals surface area contributed by atoms with Crippen molar-refractivity contribution in [3.05, 3.63) is 34.6 Å². The van der Waals surface area contributed by atoms with Crippen LogP contribution in [0.4, 0.5) is 4.39 Å². The van der Waals surface area contributed by atoms with Gasteiger partial charge >= 0.3 is 0 Å². The first-order chi connectivity index (χ1) is 9.51. The van der Waals surface area contributed by atoms with E-state index in [2.05, 4.69) is 23.9 Å². The van der Waals surface area contributed by atoms with Crippen molar-refractivity contribution in [2.24, 2.45) is 5.73 Å². The summed E-state index contributed by atoms with van der Waals surface area (Å²) in [6.45, 7) is 2.62. The van der Waals surface area contributed by atoms with Gasteiger partial charge in [0.05, 0.1) is 0 Å². The molecule has 0 radical (unpaired) electrons. The molecule has 112 valence electrons. The van der Waals surface area contributed by atoms with Gasteiger partial charge in [0.25, 0.3) is 0 Å². The van der Waals surface area contributed by atoms with Crippen LogP contribution in [0.25, 0.3) is 0 Å². The topological polar surface area (TPSA) is 32.5 Å². The minimum absolute atomic E-state index is 0.000278. The maximum absolute atomic E-state index is 13.5. The van der Waals surface area contributed by atoms with Gasteiger partial charge in [-0.05, 0) is 57.2 Å². The molecule has 1 aliphatic rings. The van der Waals surface area contributed by atoms with Crippen molar-refractivity contribution in [1.82, 2.24) is 9.80 Å². The van der Waals surface area contributed by atoms with Crippen LogP contribution >= 0.6 is 11.6 Å². The van der Waals surface area contributed by atoms with E-state index >= 15 is 0 Å². The van der Waals surface area contributed by atoms with Gasteiger partial charge in [0.15, 0.2) is 0 Å². The number of piperidine rings is 1. The average molecular weight is 300 g/mol. The predicted octanol–water partition coefficient (Wildman–Crippen LogP) is 2.50. The quantitative estimate of drug-likeness (QED) is 0.927. The Kier molecular flexibility index (Phi) is 5.38. The maximum Gasteiger partial charge on any atom is 0.125 e. The molecule has 2 rings (SSSR count). The summed E-state index contributed by atoms with van der Waals surface area (Å²) in [5, 5.41) is 0.424. The molecule has 1 saturated heterocycles. The number of benzene rings is 1. The van der Waals surface area contributed by atoms with Crippen LogP contribution in [0.1, 0.15) is 24.4 Å². The summed E-state index contributed by atoms with van der Waals surface area (Å²) in [5.74, 6) is -0.305.